The lowest BCUT2D eigenvalue weighted by Crippen LogP contribution is -2.22. The second-order valence-electron chi connectivity index (χ2n) is 5.84. The smallest absolute Gasteiger partial charge is 0.323 e. The second-order valence-corrected chi connectivity index (χ2v) is 5.84. The van der Waals surface area contributed by atoms with Gasteiger partial charge < -0.3 is 15.8 Å². The Balaban J connectivity index is 2.02. The Hall–Kier alpha value is -1.59. The summed E-state index contributed by atoms with van der Waals surface area (Å²) in [6.45, 7) is 9.22. The van der Waals surface area contributed by atoms with Crippen LogP contribution >= 0.6 is 0 Å². The van der Waals surface area contributed by atoms with Crippen molar-refractivity contribution in [2.24, 2.45) is 11.3 Å². The first-order valence-electron chi connectivity index (χ1n) is 6.83. The molecule has 0 aliphatic heterocycles. The van der Waals surface area contributed by atoms with E-state index in [1.807, 2.05) is 13.8 Å². The molecule has 1 aromatic rings. The molecule has 0 unspecified atom stereocenters. The van der Waals surface area contributed by atoms with Crippen LogP contribution in [0.1, 0.15) is 40.5 Å². The van der Waals surface area contributed by atoms with Crippen molar-refractivity contribution in [3.8, 4) is 6.01 Å². The molecule has 1 heterocycles. The van der Waals surface area contributed by atoms with E-state index in [1.165, 1.54) is 12.8 Å². The number of aromatic nitrogens is 3. The van der Waals surface area contributed by atoms with Gasteiger partial charge in [-0.3, -0.25) is 0 Å². The summed E-state index contributed by atoms with van der Waals surface area (Å²) in [7, 11) is 0. The van der Waals surface area contributed by atoms with E-state index in [0.717, 1.165) is 6.54 Å². The topological polar surface area (TPSA) is 86.0 Å². The van der Waals surface area contributed by atoms with E-state index < -0.39 is 0 Å². The highest BCUT2D eigenvalue weighted by atomic mass is 16.5. The van der Waals surface area contributed by atoms with Gasteiger partial charge >= 0.3 is 6.01 Å². The average molecular weight is 265 g/mol. The lowest BCUT2D eigenvalue weighted by molar-refractivity contribution is 0.222. The van der Waals surface area contributed by atoms with E-state index in [-0.39, 0.29) is 18.1 Å². The van der Waals surface area contributed by atoms with Crippen LogP contribution in [0.2, 0.25) is 0 Å². The summed E-state index contributed by atoms with van der Waals surface area (Å²) in [6.07, 6.45) is 2.53. The first-order chi connectivity index (χ1) is 8.91. The number of hydrogen-bond acceptors (Lipinski definition) is 6. The van der Waals surface area contributed by atoms with Gasteiger partial charge in [-0.1, -0.05) is 13.8 Å². The maximum atomic E-state index is 5.67. The fourth-order valence-electron chi connectivity index (χ4n) is 2.09. The van der Waals surface area contributed by atoms with Crippen LogP contribution in [-0.2, 0) is 0 Å². The molecule has 1 saturated carbocycles. The van der Waals surface area contributed by atoms with Gasteiger partial charge in [0.15, 0.2) is 0 Å². The molecular formula is C13H23N5O. The van der Waals surface area contributed by atoms with Crippen LogP contribution in [0.5, 0.6) is 6.01 Å². The largest absolute Gasteiger partial charge is 0.461 e. The molecule has 1 aliphatic rings. The van der Waals surface area contributed by atoms with Gasteiger partial charge in [-0.15, -0.1) is 0 Å². The van der Waals surface area contributed by atoms with Crippen LogP contribution in [0.15, 0.2) is 0 Å². The number of hydrogen-bond donors (Lipinski definition) is 2. The number of ether oxygens (including phenoxy) is 1. The van der Waals surface area contributed by atoms with E-state index in [2.05, 4.69) is 34.1 Å². The van der Waals surface area contributed by atoms with E-state index in [1.54, 1.807) is 0 Å². The number of nitrogens with two attached hydrogens (primary N) is 1. The van der Waals surface area contributed by atoms with Gasteiger partial charge in [-0.05, 0) is 38.0 Å². The minimum atomic E-state index is 0.0140. The number of nitrogens with zero attached hydrogens (tertiary/aromatic N) is 3. The minimum Gasteiger partial charge on any atom is -0.461 e. The number of rotatable bonds is 6. The highest BCUT2D eigenvalue weighted by Gasteiger charge is 2.45. The summed E-state index contributed by atoms with van der Waals surface area (Å²) in [5.41, 5.74) is 6.06. The summed E-state index contributed by atoms with van der Waals surface area (Å²) in [6, 6.07) is 0.277. The Kier molecular flexibility index (Phi) is 3.78. The normalized spacial score (nSPS) is 16.7. The molecular weight excluding hydrogens is 242 g/mol. The lowest BCUT2D eigenvalue weighted by Gasteiger charge is -2.20. The van der Waals surface area contributed by atoms with Crippen molar-refractivity contribution < 1.29 is 4.74 Å². The zero-order valence-electron chi connectivity index (χ0n) is 12.1. The van der Waals surface area contributed by atoms with Crippen LogP contribution in [0.25, 0.3) is 0 Å². The van der Waals surface area contributed by atoms with Gasteiger partial charge in [0.2, 0.25) is 11.9 Å². The van der Waals surface area contributed by atoms with Crippen LogP contribution in [0.3, 0.4) is 0 Å². The van der Waals surface area contributed by atoms with Crippen molar-refractivity contribution in [1.82, 2.24) is 15.0 Å². The van der Waals surface area contributed by atoms with Crippen LogP contribution < -0.4 is 15.8 Å². The Morgan fingerprint density at radius 1 is 1.21 bits per heavy atom. The fourth-order valence-corrected chi connectivity index (χ4v) is 2.09. The molecule has 106 valence electrons. The second kappa shape index (κ2) is 5.19. The third-order valence-corrected chi connectivity index (χ3v) is 3.69. The van der Waals surface area contributed by atoms with Crippen molar-refractivity contribution in [2.45, 2.75) is 46.6 Å². The van der Waals surface area contributed by atoms with E-state index in [0.29, 0.717) is 17.3 Å². The highest BCUT2D eigenvalue weighted by molar-refractivity contribution is 5.33. The van der Waals surface area contributed by atoms with Crippen molar-refractivity contribution in [3.05, 3.63) is 0 Å². The van der Waals surface area contributed by atoms with Gasteiger partial charge in [0, 0.05) is 6.54 Å². The third kappa shape index (κ3) is 3.45. The summed E-state index contributed by atoms with van der Waals surface area (Å²) < 4.78 is 5.45. The van der Waals surface area contributed by atoms with Crippen molar-refractivity contribution >= 4 is 11.9 Å². The van der Waals surface area contributed by atoms with Crippen molar-refractivity contribution in [1.29, 1.82) is 0 Å². The SMILES string of the molecule is CC(C)Oc1nc(N)nc(NCC2(C(C)C)CC2)n1. The monoisotopic (exact) mass is 265 g/mol. The quantitative estimate of drug-likeness (QED) is 0.819. The van der Waals surface area contributed by atoms with Gasteiger partial charge in [-0.25, -0.2) is 0 Å². The molecule has 2 rings (SSSR count). The number of anilines is 2. The molecule has 0 atom stereocenters. The highest BCUT2D eigenvalue weighted by Crippen LogP contribution is 2.51. The predicted octanol–water partition coefficient (Wildman–Crippen LogP) is 2.09. The van der Waals surface area contributed by atoms with Gasteiger partial charge in [0.25, 0.3) is 0 Å². The molecule has 1 aromatic heterocycles. The maximum Gasteiger partial charge on any atom is 0.323 e. The van der Waals surface area contributed by atoms with E-state index in [9.17, 15) is 0 Å². The molecule has 6 heteroatoms. The molecule has 0 radical (unpaired) electrons. The first kappa shape index (κ1) is 13.8. The third-order valence-electron chi connectivity index (χ3n) is 3.69. The first-order valence-corrected chi connectivity index (χ1v) is 6.83. The zero-order valence-corrected chi connectivity index (χ0v) is 12.1. The Bertz CT molecular complexity index is 443. The van der Waals surface area contributed by atoms with Crippen molar-refractivity contribution in [2.75, 3.05) is 17.6 Å². The van der Waals surface area contributed by atoms with Crippen LogP contribution in [0.4, 0.5) is 11.9 Å². The Morgan fingerprint density at radius 3 is 2.42 bits per heavy atom. The van der Waals surface area contributed by atoms with Gasteiger partial charge in [0.05, 0.1) is 6.10 Å². The molecule has 0 amide bonds. The van der Waals surface area contributed by atoms with Crippen LogP contribution in [-0.4, -0.2) is 27.6 Å². The molecule has 3 N–H and O–H groups in total. The van der Waals surface area contributed by atoms with Gasteiger partial charge in [0.1, 0.15) is 0 Å². The molecule has 0 spiro atoms. The maximum absolute atomic E-state index is 5.67. The molecule has 6 nitrogen and oxygen atoms in total. The molecule has 0 saturated heterocycles. The molecule has 0 bridgehead atoms. The Morgan fingerprint density at radius 2 is 1.89 bits per heavy atom. The summed E-state index contributed by atoms with van der Waals surface area (Å²) in [5.74, 6) is 1.34. The average Bonchev–Trinajstić information content (AvgIpc) is 3.05. The van der Waals surface area contributed by atoms with Crippen LogP contribution in [0, 0.1) is 11.3 Å². The summed E-state index contributed by atoms with van der Waals surface area (Å²) in [4.78, 5) is 12.3. The van der Waals surface area contributed by atoms with E-state index >= 15 is 0 Å². The fraction of sp³-hybridized carbons (Fsp3) is 0.769. The standard InChI is InChI=1S/C13H23N5O/c1-8(2)13(5-6-13)7-15-11-16-10(14)17-12(18-11)19-9(3)4/h8-9H,5-7H2,1-4H3,(H3,14,15,16,17,18). The minimum absolute atomic E-state index is 0.0140. The molecule has 19 heavy (non-hydrogen) atoms. The molecule has 1 aliphatic carbocycles. The zero-order chi connectivity index (χ0) is 14.0. The van der Waals surface area contributed by atoms with Gasteiger partial charge in [-0.2, -0.15) is 15.0 Å². The molecule has 1 fully saturated rings. The number of nitrogen functional groups attached to an aromatic ring is 1. The Labute approximate surface area is 114 Å². The van der Waals surface area contributed by atoms with E-state index in [4.69, 9.17) is 10.5 Å². The van der Waals surface area contributed by atoms with Crippen molar-refractivity contribution in [3.63, 3.8) is 0 Å². The summed E-state index contributed by atoms with van der Waals surface area (Å²) >= 11 is 0. The number of nitrogens with one attached hydrogen (secondary N) is 1. The molecule has 0 aromatic carbocycles. The predicted molar refractivity (Wildman–Crippen MR) is 75.0 cm³/mol. The lowest BCUT2D eigenvalue weighted by atomic mass is 9.92. The summed E-state index contributed by atoms with van der Waals surface area (Å²) in [5, 5.41) is 3.26.